The highest BCUT2D eigenvalue weighted by molar-refractivity contribution is 6.10. The lowest BCUT2D eigenvalue weighted by Gasteiger charge is -2.16. The highest BCUT2D eigenvalue weighted by Crippen LogP contribution is 2.48. The molecule has 13 rings (SSSR count). The first-order chi connectivity index (χ1) is 40.5. The molecule has 12 nitrogen and oxygen atoms in total. The van der Waals surface area contributed by atoms with Crippen molar-refractivity contribution in [3.63, 3.8) is 0 Å². The number of nitrogens with zero attached hydrogens (tertiary/aromatic N) is 6. The molecule has 2 aliphatic rings. The van der Waals surface area contributed by atoms with E-state index in [4.69, 9.17) is 48.9 Å². The third-order valence-corrected chi connectivity index (χ3v) is 15.8. The van der Waals surface area contributed by atoms with E-state index in [2.05, 4.69) is 166 Å². The number of benzene rings is 8. The van der Waals surface area contributed by atoms with Gasteiger partial charge >= 0.3 is 0 Å². The Hall–Kier alpha value is -9.68. The molecule has 12 heteroatoms. The number of aryl methyl sites for hydroxylation is 4. The van der Waals surface area contributed by atoms with Crippen molar-refractivity contribution in [3.05, 3.63) is 190 Å². The van der Waals surface area contributed by atoms with Gasteiger partial charge in [0.25, 0.3) is 0 Å². The first-order valence-corrected chi connectivity index (χ1v) is 29.0. The van der Waals surface area contributed by atoms with Gasteiger partial charge in [0, 0.05) is 21.9 Å². The number of rotatable bonds is 12. The van der Waals surface area contributed by atoms with Gasteiger partial charge in [-0.05, 0) is 144 Å². The normalized spacial score (nSPS) is 12.0. The van der Waals surface area contributed by atoms with Crippen LogP contribution in [0.5, 0.6) is 46.0 Å². The van der Waals surface area contributed by atoms with Gasteiger partial charge in [-0.3, -0.25) is 0 Å². The minimum Gasteiger partial charge on any atom is -0.456 e. The van der Waals surface area contributed by atoms with Crippen LogP contribution in [0.25, 0.3) is 89.7 Å². The predicted molar refractivity (Wildman–Crippen MR) is 337 cm³/mol. The summed E-state index contributed by atoms with van der Waals surface area (Å²) in [6, 6.07) is 49.4. The van der Waals surface area contributed by atoms with Crippen molar-refractivity contribution in [2.45, 2.75) is 107 Å². The van der Waals surface area contributed by atoms with Crippen LogP contribution in [-0.2, 0) is 0 Å². The maximum Gasteiger partial charge on any atom is 0.168 e. The number of nitrogens with one attached hydrogen (secondary N) is 2. The van der Waals surface area contributed by atoms with E-state index in [0.717, 1.165) is 89.4 Å². The van der Waals surface area contributed by atoms with E-state index in [1.54, 1.807) is 0 Å². The molecule has 0 unspecified atom stereocenters. The van der Waals surface area contributed by atoms with E-state index in [1.165, 1.54) is 0 Å². The predicted octanol–water partition coefficient (Wildman–Crippen LogP) is 19.8. The van der Waals surface area contributed by atoms with Gasteiger partial charge in [-0.15, -0.1) is 0 Å². The fourth-order valence-corrected chi connectivity index (χ4v) is 11.5. The first kappa shape index (κ1) is 53.6. The van der Waals surface area contributed by atoms with Gasteiger partial charge in [0.1, 0.15) is 68.6 Å². The molecular weight excluding hydrogens is 1040 g/mol. The zero-order valence-corrected chi connectivity index (χ0v) is 49.5. The Kier molecular flexibility index (Phi) is 13.6. The standard InChI is InChI=1S/C72H66N8O4/c1-37(2)45-29-25-41(9)33-57(45)81-53-21-13-17-49-61(53)69-73-65(49)78-70-63-51(19-15-23-55(63)83-59-35-43(11)27-31-47(59)39(5)6)67(75-70)80-72-64-52(20-16-24-56(64)84-60-36-44(12)28-32-48(60)40(7)8)68(76-72)79-71-62-50(66(74-71)77-69)18-14-22-54(62)82-58-34-42(10)26-30-46(58)38(3)4/h13-40H,1-12H3,(H2,73,74,75,76,77,78,79,80). The number of aromatic amines is 2. The van der Waals surface area contributed by atoms with Crippen LogP contribution < -0.4 is 18.9 Å². The van der Waals surface area contributed by atoms with Crippen LogP contribution >= 0.6 is 0 Å². The fraction of sp³-hybridized carbons (Fsp3) is 0.222. The molecule has 418 valence electrons. The van der Waals surface area contributed by atoms with E-state index in [-0.39, 0.29) is 23.7 Å². The van der Waals surface area contributed by atoms with E-state index >= 15 is 0 Å². The third-order valence-electron chi connectivity index (χ3n) is 15.8. The van der Waals surface area contributed by atoms with Crippen LogP contribution in [-0.4, -0.2) is 39.9 Å². The topological polar surface area (TPSA) is 146 Å². The highest BCUT2D eigenvalue weighted by atomic mass is 16.5. The van der Waals surface area contributed by atoms with Crippen LogP contribution in [0.4, 0.5) is 0 Å². The summed E-state index contributed by atoms with van der Waals surface area (Å²) in [7, 11) is 0. The molecule has 84 heavy (non-hydrogen) atoms. The summed E-state index contributed by atoms with van der Waals surface area (Å²) in [6.07, 6.45) is 0. The number of fused-ring (bicyclic) bond motifs is 20. The lowest BCUT2D eigenvalue weighted by molar-refractivity contribution is 0.474. The van der Waals surface area contributed by atoms with Gasteiger partial charge in [-0.1, -0.05) is 152 Å². The Bertz CT molecular complexity index is 4350. The molecule has 5 heterocycles. The molecule has 3 aromatic heterocycles. The molecular formula is C72H66N8O4. The summed E-state index contributed by atoms with van der Waals surface area (Å²) in [6.45, 7) is 25.7. The Labute approximate surface area is 489 Å². The lowest BCUT2D eigenvalue weighted by atomic mass is 10.0. The summed E-state index contributed by atoms with van der Waals surface area (Å²) in [4.78, 5) is 40.2. The Balaban J connectivity index is 1.15. The first-order valence-electron chi connectivity index (χ1n) is 29.0. The summed E-state index contributed by atoms with van der Waals surface area (Å²) in [5.41, 5.74) is 13.4. The van der Waals surface area contributed by atoms with Crippen molar-refractivity contribution < 1.29 is 18.9 Å². The SMILES string of the molecule is Cc1ccc(C(C)C)c(Oc2cccc3c2-c2nc-3nc3[nH]c(nc4nc(nc5[nH]c(n2)c2cccc(Oc6cc(C)ccc6C(C)C)c52)-c2cccc(Oc5cc(C)ccc5C(C)C)c2-4)c2cccc(Oc4cc(C)ccc4C(C)C)c32)c1. The number of H-pyrrole nitrogens is 2. The number of hydrogen-bond donors (Lipinski definition) is 2. The van der Waals surface area contributed by atoms with E-state index in [1.807, 2.05) is 72.8 Å². The van der Waals surface area contributed by atoms with Crippen molar-refractivity contribution in [1.29, 1.82) is 0 Å². The Morgan fingerprint density at radius 1 is 0.298 bits per heavy atom. The van der Waals surface area contributed by atoms with Crippen molar-refractivity contribution in [3.8, 4) is 91.5 Å². The van der Waals surface area contributed by atoms with Gasteiger partial charge < -0.3 is 28.9 Å². The van der Waals surface area contributed by atoms with Crippen LogP contribution in [0.2, 0.25) is 0 Å². The molecule has 0 fully saturated rings. The molecule has 0 saturated heterocycles. The van der Waals surface area contributed by atoms with Gasteiger partial charge in [-0.25, -0.2) is 29.9 Å². The van der Waals surface area contributed by atoms with Crippen molar-refractivity contribution in [1.82, 2.24) is 39.9 Å². The van der Waals surface area contributed by atoms with Gasteiger partial charge in [0.05, 0.1) is 21.9 Å². The van der Waals surface area contributed by atoms with E-state index in [9.17, 15) is 0 Å². The maximum atomic E-state index is 7.07. The second kappa shape index (κ2) is 21.3. The smallest absolute Gasteiger partial charge is 0.168 e. The van der Waals surface area contributed by atoms with Crippen LogP contribution in [0.3, 0.4) is 0 Å². The van der Waals surface area contributed by atoms with E-state index in [0.29, 0.717) is 90.8 Å². The molecule has 0 aliphatic carbocycles. The average Bonchev–Trinajstić information content (AvgIpc) is 2.36. The minimum absolute atomic E-state index is 0.193. The van der Waals surface area contributed by atoms with Gasteiger partial charge in [0.2, 0.25) is 0 Å². The van der Waals surface area contributed by atoms with Crippen molar-refractivity contribution in [2.75, 3.05) is 0 Å². The molecule has 0 spiro atoms. The van der Waals surface area contributed by atoms with Crippen LogP contribution in [0, 0.1) is 27.7 Å². The summed E-state index contributed by atoms with van der Waals surface area (Å²) < 4.78 is 28.3. The van der Waals surface area contributed by atoms with Crippen molar-refractivity contribution in [2.24, 2.45) is 0 Å². The third kappa shape index (κ3) is 9.74. The molecule has 2 aliphatic heterocycles. The summed E-state index contributed by atoms with van der Waals surface area (Å²) in [5, 5.41) is 2.93. The fourth-order valence-electron chi connectivity index (χ4n) is 11.5. The zero-order chi connectivity index (χ0) is 58.2. The molecule has 8 aromatic carbocycles. The van der Waals surface area contributed by atoms with Gasteiger partial charge in [0.15, 0.2) is 23.3 Å². The highest BCUT2D eigenvalue weighted by Gasteiger charge is 2.29. The Morgan fingerprint density at radius 2 is 0.595 bits per heavy atom. The monoisotopic (exact) mass is 1110 g/mol. The largest absolute Gasteiger partial charge is 0.456 e. The maximum absolute atomic E-state index is 7.07. The molecule has 2 N–H and O–H groups in total. The molecule has 0 atom stereocenters. The molecule has 11 aromatic rings. The lowest BCUT2D eigenvalue weighted by Crippen LogP contribution is -1.96. The quantitative estimate of drug-likeness (QED) is 0.121. The average molecular weight is 1110 g/mol. The second-order valence-corrected chi connectivity index (χ2v) is 23.5. The minimum atomic E-state index is 0.193. The Morgan fingerprint density at radius 3 is 0.929 bits per heavy atom. The van der Waals surface area contributed by atoms with Gasteiger partial charge in [-0.2, -0.15) is 0 Å². The zero-order valence-electron chi connectivity index (χ0n) is 49.5. The second-order valence-electron chi connectivity index (χ2n) is 23.5. The number of aromatic nitrogens is 8. The molecule has 0 saturated carbocycles. The summed E-state index contributed by atoms with van der Waals surface area (Å²) in [5.74, 6) is 7.77. The van der Waals surface area contributed by atoms with Crippen LogP contribution in [0.1, 0.15) is 124 Å². The number of ether oxygens (including phenoxy) is 4. The van der Waals surface area contributed by atoms with E-state index < -0.39 is 0 Å². The molecule has 0 radical (unpaired) electrons. The van der Waals surface area contributed by atoms with Crippen molar-refractivity contribution >= 4 is 44.1 Å². The molecule has 0 amide bonds. The number of hydrogen-bond acceptors (Lipinski definition) is 10. The van der Waals surface area contributed by atoms with Crippen LogP contribution in [0.15, 0.2) is 146 Å². The molecule has 8 bridgehead atoms. The summed E-state index contributed by atoms with van der Waals surface area (Å²) >= 11 is 0.